The highest BCUT2D eigenvalue weighted by atomic mass is 32.3. The first-order valence-electron chi connectivity index (χ1n) is 28.7. The molecule has 0 amide bonds. The normalized spacial score (nSPS) is 18.9. The molecule has 15 atom stereocenters. The van der Waals surface area contributed by atoms with Crippen molar-refractivity contribution in [3.63, 3.8) is 0 Å². The summed E-state index contributed by atoms with van der Waals surface area (Å²) in [5.41, 5.74) is 10.8. The summed E-state index contributed by atoms with van der Waals surface area (Å²) in [7, 11) is -4.96. The number of aliphatic hydroxyl groups is 11. The highest BCUT2D eigenvalue weighted by molar-refractivity contribution is 7.80. The minimum atomic E-state index is -4.96. The Hall–Kier alpha value is -5.54. The van der Waals surface area contributed by atoms with E-state index < -0.39 is 114 Å². The number of rotatable bonds is 47. The average molecular weight is 1220 g/mol. The van der Waals surface area contributed by atoms with Crippen molar-refractivity contribution in [2.75, 3.05) is 6.54 Å². The van der Waals surface area contributed by atoms with Crippen LogP contribution in [0.3, 0.4) is 0 Å². The second kappa shape index (κ2) is 47.6. The topological polar surface area (TPSA) is 405 Å². The Morgan fingerprint density at radius 1 is 0.529 bits per heavy atom. The van der Waals surface area contributed by atoms with Crippen LogP contribution in [-0.2, 0) is 24.2 Å². The van der Waals surface area contributed by atoms with Crippen molar-refractivity contribution in [1.82, 2.24) is 0 Å². The zero-order valence-electron chi connectivity index (χ0n) is 49.6. The van der Waals surface area contributed by atoms with Gasteiger partial charge in [0.2, 0.25) is 0 Å². The molecule has 0 unspecified atom stereocenters. The van der Waals surface area contributed by atoms with Gasteiger partial charge in [-0.2, -0.15) is 8.42 Å². The quantitative estimate of drug-likeness (QED) is 0.00720. The summed E-state index contributed by atoms with van der Waals surface area (Å²) >= 11 is 0. The van der Waals surface area contributed by atoms with E-state index in [-0.39, 0.29) is 75.2 Å². The molecule has 480 valence electrons. The number of nitrogens with zero attached hydrogens (tertiary/aromatic N) is 1. The van der Waals surface area contributed by atoms with Gasteiger partial charge in [-0.25, -0.2) is 8.98 Å². The number of hydrogen-bond donors (Lipinski definition) is 15. The number of Topliss-reactive ketones (excluding diaryl/α,β-unsaturated/α-hetero) is 1. The molecule has 17 N–H and O–H groups in total. The molecule has 22 heteroatoms. The lowest BCUT2D eigenvalue weighted by Gasteiger charge is -2.25. The molecule has 0 spiro atoms. The first kappa shape index (κ1) is 79.5. The highest BCUT2D eigenvalue weighted by Gasteiger charge is 2.30. The fraction of sp³-hybridized carbons (Fsp3) is 0.540. The SMILES string of the molecule is C\C(=C/C=C/C=C/CC/C=C/[C@@H](C)[C@@H](O)[C@H](C)[C@H](O)/C=C/C=C/C=C/C=C/C=C/C=C/C[C@@H](OS(=O)(=O)O)[C@H](C)C(=O)C[C@@H](O)C[C@H](O)/C=C/C[C@H](O)C[C@@H](O)C[C@@H](O)/C=C/C[C@H](O)C[C@H](O)/C=C/C[C@H](O)C[C@@H](O)CCCN=C(N)N)C(=O)O. The van der Waals surface area contributed by atoms with Crippen molar-refractivity contribution < 1.29 is 88.0 Å². The van der Waals surface area contributed by atoms with Crippen LogP contribution in [0.25, 0.3) is 0 Å². The Kier molecular flexibility index (Phi) is 44.5. The van der Waals surface area contributed by atoms with Crippen LogP contribution in [0.5, 0.6) is 0 Å². The van der Waals surface area contributed by atoms with E-state index in [0.29, 0.717) is 19.4 Å². The molecule has 0 rings (SSSR count). The van der Waals surface area contributed by atoms with E-state index in [2.05, 4.69) is 4.99 Å². The number of carboxylic acids is 1. The molecule has 0 fully saturated rings. The molecule has 0 heterocycles. The maximum atomic E-state index is 13.1. The number of carboxylic acid groups (broad SMARTS) is 1. The van der Waals surface area contributed by atoms with Gasteiger partial charge in [-0.1, -0.05) is 173 Å². The van der Waals surface area contributed by atoms with Crippen LogP contribution < -0.4 is 11.5 Å². The summed E-state index contributed by atoms with van der Waals surface area (Å²) < 4.78 is 37.4. The number of hydrogen-bond acceptors (Lipinski definition) is 17. The van der Waals surface area contributed by atoms with Crippen LogP contribution in [-0.4, -0.2) is 172 Å². The van der Waals surface area contributed by atoms with Gasteiger partial charge in [0.1, 0.15) is 5.78 Å². The van der Waals surface area contributed by atoms with E-state index in [0.717, 1.165) is 12.8 Å². The van der Waals surface area contributed by atoms with Crippen LogP contribution >= 0.6 is 0 Å². The number of carbonyl (C=O) groups is 2. The first-order valence-corrected chi connectivity index (χ1v) is 30.1. The second-order valence-electron chi connectivity index (χ2n) is 21.0. The summed E-state index contributed by atoms with van der Waals surface area (Å²) in [6, 6.07) is 0. The summed E-state index contributed by atoms with van der Waals surface area (Å²) in [5, 5.41) is 123. The number of ketones is 1. The number of guanidine groups is 1. The van der Waals surface area contributed by atoms with Gasteiger partial charge in [-0.05, 0) is 71.1 Å². The van der Waals surface area contributed by atoms with Gasteiger partial charge in [-0.15, -0.1) is 0 Å². The Bertz CT molecular complexity index is 2400. The number of nitrogens with two attached hydrogens (primary N) is 2. The summed E-state index contributed by atoms with van der Waals surface area (Å²) in [6.45, 7) is 6.93. The molecule has 0 aliphatic heterocycles. The molecule has 21 nitrogen and oxygen atoms in total. The van der Waals surface area contributed by atoms with Gasteiger partial charge in [0.25, 0.3) is 0 Å². The Balaban J connectivity index is 4.79. The van der Waals surface area contributed by atoms with Crippen molar-refractivity contribution in [2.45, 2.75) is 191 Å². The van der Waals surface area contributed by atoms with Crippen molar-refractivity contribution in [3.8, 4) is 0 Å². The number of aliphatic carboxylic acids is 1. The Morgan fingerprint density at radius 3 is 1.52 bits per heavy atom. The van der Waals surface area contributed by atoms with Gasteiger partial charge < -0.3 is 72.7 Å². The minimum Gasteiger partial charge on any atom is -0.478 e. The molecule has 0 aromatic heterocycles. The van der Waals surface area contributed by atoms with E-state index in [1.165, 1.54) is 56.4 Å². The molecule has 0 bridgehead atoms. The first-order chi connectivity index (χ1) is 40.1. The van der Waals surface area contributed by atoms with Crippen LogP contribution in [0.15, 0.2) is 162 Å². The third-order valence-corrected chi connectivity index (χ3v) is 13.6. The fourth-order valence-electron chi connectivity index (χ4n) is 8.07. The summed E-state index contributed by atoms with van der Waals surface area (Å²) in [4.78, 5) is 27.7. The van der Waals surface area contributed by atoms with Crippen LogP contribution in [0.4, 0.5) is 0 Å². The molecule has 0 radical (unpaired) electrons. The van der Waals surface area contributed by atoms with Gasteiger partial charge in [-0.3, -0.25) is 14.3 Å². The molecule has 0 saturated heterocycles. The van der Waals surface area contributed by atoms with Crippen molar-refractivity contribution in [1.29, 1.82) is 0 Å². The summed E-state index contributed by atoms with van der Waals surface area (Å²) in [6.07, 6.45) is 30.9. The molecule has 0 aliphatic carbocycles. The van der Waals surface area contributed by atoms with Gasteiger partial charge in [0.05, 0.1) is 73.2 Å². The number of unbranched alkanes of at least 4 members (excludes halogenated alkanes) is 1. The number of aliphatic imine (C=N–C) groups is 1. The van der Waals surface area contributed by atoms with E-state index in [4.69, 9.17) is 20.8 Å². The zero-order chi connectivity index (χ0) is 64.2. The monoisotopic (exact) mass is 1220 g/mol. The van der Waals surface area contributed by atoms with Crippen LogP contribution in [0, 0.1) is 17.8 Å². The largest absolute Gasteiger partial charge is 0.478 e. The average Bonchev–Trinajstić information content (AvgIpc) is 3.60. The molecule has 85 heavy (non-hydrogen) atoms. The fourth-order valence-corrected chi connectivity index (χ4v) is 8.63. The predicted octanol–water partition coefficient (Wildman–Crippen LogP) is 5.06. The van der Waals surface area contributed by atoms with Crippen molar-refractivity contribution >= 4 is 28.1 Å². The van der Waals surface area contributed by atoms with Gasteiger partial charge >= 0.3 is 16.4 Å². The lowest BCUT2D eigenvalue weighted by Crippen LogP contribution is -2.32. The Morgan fingerprint density at radius 2 is 0.988 bits per heavy atom. The molecular weight excluding hydrogens is 1120 g/mol. The smallest absolute Gasteiger partial charge is 0.397 e. The van der Waals surface area contributed by atoms with E-state index in [9.17, 15) is 78.7 Å². The van der Waals surface area contributed by atoms with Crippen molar-refractivity contribution in [3.05, 3.63) is 157 Å². The second-order valence-corrected chi connectivity index (χ2v) is 22.1. The third kappa shape index (κ3) is 45.4. The summed E-state index contributed by atoms with van der Waals surface area (Å²) in [5.74, 6) is -3.29. The van der Waals surface area contributed by atoms with Gasteiger partial charge in [0, 0.05) is 55.6 Å². The molecule has 0 aliphatic rings. The van der Waals surface area contributed by atoms with Gasteiger partial charge in [0.15, 0.2) is 5.96 Å². The molecule has 0 aromatic carbocycles. The van der Waals surface area contributed by atoms with Crippen molar-refractivity contribution in [2.24, 2.45) is 34.2 Å². The predicted molar refractivity (Wildman–Crippen MR) is 331 cm³/mol. The van der Waals surface area contributed by atoms with E-state index >= 15 is 0 Å². The Labute approximate surface area is 503 Å². The standard InChI is InChI=1S/C63H99N3O18S/c1-45(27-19-15-11-10-12-16-20-28-46(2)62(79)80)61(78)48(4)58(76)36-21-17-13-8-6-5-7-9-14-18-22-37-60(84-85(81,82)83)47(3)59(77)44-57(75)43-54(72)34-25-33-53(71)42-56(74)41-52(70)32-24-31-50(68)39-49(67)29-23-30-51(69)40-55(73)35-26-38-66-63(64)65/h5-10,12-14,16-25,27-29,32,34,36,45,47-58,60-61,67-76,78H,11,15,26,30-31,33,35,37-44H2,1-4H3,(H,79,80)(H4,64,65,66)(H,81,82,83)/b7-5+,8-6+,12-10+,14-9+,17-13+,20-16+,22-18+,27-19+,29-23+,32-24+,34-25+,36-21+,46-28+/t45-,47-,48-,49-,50+,51+,52+,53+,54-,55+,56+,57+,58-,60-,61-/m1/s1. The molecule has 0 saturated carbocycles. The lowest BCUT2D eigenvalue weighted by molar-refractivity contribution is -0.132. The number of allylic oxidation sites excluding steroid dienone is 16. The van der Waals surface area contributed by atoms with Crippen LogP contribution in [0.1, 0.15) is 118 Å². The minimum absolute atomic E-state index is 0.00161. The number of aliphatic hydroxyl groups excluding tert-OH is 11. The van der Waals surface area contributed by atoms with Crippen LogP contribution in [0.2, 0.25) is 0 Å². The maximum Gasteiger partial charge on any atom is 0.397 e. The third-order valence-electron chi connectivity index (χ3n) is 13.1. The molecular formula is C63H99N3O18S. The lowest BCUT2D eigenvalue weighted by atomic mass is 9.88. The maximum absolute atomic E-state index is 13.1. The zero-order valence-corrected chi connectivity index (χ0v) is 50.4. The number of carbonyl (C=O) groups excluding carboxylic acids is 1. The highest BCUT2D eigenvalue weighted by Crippen LogP contribution is 2.21. The van der Waals surface area contributed by atoms with E-state index in [1.54, 1.807) is 92.0 Å². The van der Waals surface area contributed by atoms with E-state index in [1.807, 2.05) is 31.2 Å². The molecule has 0 aromatic rings.